The quantitative estimate of drug-likeness (QED) is 0.599. The molecule has 3 aromatic rings. The van der Waals surface area contributed by atoms with Gasteiger partial charge in [0.25, 0.3) is 5.56 Å². The Bertz CT molecular complexity index is 1130. The van der Waals surface area contributed by atoms with E-state index in [0.29, 0.717) is 16.7 Å². The molecule has 4 rings (SSSR count). The van der Waals surface area contributed by atoms with Crippen LogP contribution in [0, 0.1) is 5.82 Å². The lowest BCUT2D eigenvalue weighted by Crippen LogP contribution is -2.39. The van der Waals surface area contributed by atoms with E-state index in [2.05, 4.69) is 12.0 Å². The molecule has 0 saturated heterocycles. The molecule has 2 aromatic carbocycles. The van der Waals surface area contributed by atoms with E-state index in [4.69, 9.17) is 4.55 Å². The highest BCUT2D eigenvalue weighted by molar-refractivity contribution is 7.78. The zero-order valence-corrected chi connectivity index (χ0v) is 17.5. The summed E-state index contributed by atoms with van der Waals surface area (Å²) >= 11 is -1.92. The fraction of sp³-hybridized carbons (Fsp3) is 0.304. The van der Waals surface area contributed by atoms with Crippen LogP contribution in [-0.4, -0.2) is 18.5 Å². The van der Waals surface area contributed by atoms with Gasteiger partial charge in [0, 0.05) is 5.56 Å². The number of benzene rings is 2. The second kappa shape index (κ2) is 8.24. The lowest BCUT2D eigenvalue weighted by Gasteiger charge is -2.26. The Morgan fingerprint density at radius 2 is 1.67 bits per heavy atom. The van der Waals surface area contributed by atoms with Gasteiger partial charge in [-0.05, 0) is 48.6 Å². The van der Waals surface area contributed by atoms with Gasteiger partial charge in [-0.1, -0.05) is 49.2 Å². The smallest absolute Gasteiger partial charge is 0.275 e. The predicted octanol–water partition coefficient (Wildman–Crippen LogP) is 4.73. The second-order valence-electron chi connectivity index (χ2n) is 8.02. The van der Waals surface area contributed by atoms with Crippen LogP contribution in [0.25, 0.3) is 22.3 Å². The van der Waals surface area contributed by atoms with Crippen molar-refractivity contribution in [2.45, 2.75) is 43.9 Å². The van der Waals surface area contributed by atoms with E-state index in [1.165, 1.54) is 12.1 Å². The van der Waals surface area contributed by atoms with Crippen molar-refractivity contribution in [2.24, 2.45) is 0 Å². The fourth-order valence-electron chi connectivity index (χ4n) is 4.22. The lowest BCUT2D eigenvalue weighted by molar-refractivity contribution is 0.282. The molecule has 1 atom stereocenters. The third-order valence-corrected chi connectivity index (χ3v) is 6.44. The van der Waals surface area contributed by atoms with Crippen LogP contribution in [0.1, 0.15) is 38.2 Å². The first-order valence-electron chi connectivity index (χ1n) is 9.93. The van der Waals surface area contributed by atoms with Crippen LogP contribution in [0.5, 0.6) is 0 Å². The molecule has 0 aliphatic heterocycles. The van der Waals surface area contributed by atoms with E-state index in [1.54, 1.807) is 35.1 Å². The van der Waals surface area contributed by atoms with Crippen molar-refractivity contribution >= 4 is 11.1 Å². The number of hydrogen-bond donors (Lipinski definition) is 1. The molecule has 156 valence electrons. The summed E-state index contributed by atoms with van der Waals surface area (Å²) < 4.78 is 35.3. The third-order valence-electron chi connectivity index (χ3n) is 5.86. The Morgan fingerprint density at radius 1 is 1.07 bits per heavy atom. The molecule has 5 nitrogen and oxygen atoms in total. The number of hydrogen-bond acceptors (Lipinski definition) is 3. The maximum Gasteiger partial charge on any atom is 0.275 e. The molecule has 0 radical (unpaired) electrons. The lowest BCUT2D eigenvalue weighted by atomic mass is 9.95. The van der Waals surface area contributed by atoms with Gasteiger partial charge in [0.2, 0.25) is 0 Å². The zero-order valence-electron chi connectivity index (χ0n) is 16.7. The standard InChI is InChI=1S/C23H23FN2O3S/c1-23(12-2-3-13-23)26-22(27)21(18-8-10-19(24)11-9-18)20(14-25-26)17-6-4-16(5-7-17)15-30(28)29/h4-11,14H,2-3,12-13,15H2,1H3,(H,28,29). The van der Waals surface area contributed by atoms with Crippen LogP contribution in [0.4, 0.5) is 4.39 Å². The van der Waals surface area contributed by atoms with Crippen molar-refractivity contribution in [1.29, 1.82) is 0 Å². The first kappa shape index (κ1) is 20.6. The van der Waals surface area contributed by atoms with Gasteiger partial charge in [-0.25, -0.2) is 13.3 Å². The summed E-state index contributed by atoms with van der Waals surface area (Å²) in [6.07, 6.45) is 5.62. The minimum absolute atomic E-state index is 0.0449. The topological polar surface area (TPSA) is 72.2 Å². The van der Waals surface area contributed by atoms with Crippen LogP contribution >= 0.6 is 0 Å². The first-order valence-corrected chi connectivity index (χ1v) is 11.2. The zero-order chi connectivity index (χ0) is 21.3. The van der Waals surface area contributed by atoms with Gasteiger partial charge in [-0.15, -0.1) is 0 Å². The highest BCUT2D eigenvalue weighted by Crippen LogP contribution is 2.36. The van der Waals surface area contributed by atoms with Gasteiger partial charge in [0.15, 0.2) is 11.1 Å². The normalized spacial score (nSPS) is 16.5. The average Bonchev–Trinajstić information content (AvgIpc) is 3.16. The summed E-state index contributed by atoms with van der Waals surface area (Å²) in [5.74, 6) is -0.317. The van der Waals surface area contributed by atoms with Crippen LogP contribution in [-0.2, 0) is 22.4 Å². The Kier molecular flexibility index (Phi) is 5.66. The van der Waals surface area contributed by atoms with Crippen molar-refractivity contribution in [3.05, 3.63) is 76.5 Å². The maximum absolute atomic E-state index is 13.6. The van der Waals surface area contributed by atoms with Gasteiger partial charge >= 0.3 is 0 Å². The summed E-state index contributed by atoms with van der Waals surface area (Å²) in [5.41, 5.74) is 2.76. The highest BCUT2D eigenvalue weighted by atomic mass is 32.2. The predicted molar refractivity (Wildman–Crippen MR) is 116 cm³/mol. The molecule has 1 unspecified atom stereocenters. The Balaban J connectivity index is 1.88. The number of nitrogens with zero attached hydrogens (tertiary/aromatic N) is 2. The molecule has 1 saturated carbocycles. The first-order chi connectivity index (χ1) is 14.4. The van der Waals surface area contributed by atoms with Crippen molar-refractivity contribution < 1.29 is 13.2 Å². The van der Waals surface area contributed by atoms with Crippen molar-refractivity contribution in [3.63, 3.8) is 0 Å². The molecule has 7 heteroatoms. The van der Waals surface area contributed by atoms with E-state index < -0.39 is 11.1 Å². The Morgan fingerprint density at radius 3 is 2.27 bits per heavy atom. The van der Waals surface area contributed by atoms with Crippen LogP contribution in [0.2, 0.25) is 0 Å². The number of rotatable bonds is 5. The summed E-state index contributed by atoms with van der Waals surface area (Å²) in [4.78, 5) is 13.6. The molecule has 1 N–H and O–H groups in total. The van der Waals surface area contributed by atoms with E-state index in [9.17, 15) is 13.4 Å². The second-order valence-corrected chi connectivity index (χ2v) is 8.96. The van der Waals surface area contributed by atoms with Crippen LogP contribution in [0.15, 0.2) is 59.5 Å². The summed E-state index contributed by atoms with van der Waals surface area (Å²) in [7, 11) is 0. The molecule has 1 heterocycles. The van der Waals surface area contributed by atoms with Gasteiger partial charge in [0.1, 0.15) is 5.82 Å². The number of aromatic nitrogens is 2. The largest absolute Gasteiger partial charge is 0.306 e. The Hall–Kier alpha value is -2.64. The van der Waals surface area contributed by atoms with Gasteiger partial charge in [-0.2, -0.15) is 5.10 Å². The van der Waals surface area contributed by atoms with E-state index in [0.717, 1.165) is 36.8 Å². The average molecular weight is 427 g/mol. The molecule has 1 aliphatic rings. The van der Waals surface area contributed by atoms with Crippen molar-refractivity contribution in [2.75, 3.05) is 0 Å². The van der Waals surface area contributed by atoms with Gasteiger partial charge < -0.3 is 4.55 Å². The van der Waals surface area contributed by atoms with Crippen LogP contribution in [0.3, 0.4) is 0 Å². The SMILES string of the molecule is CC1(n2ncc(-c3ccc(CS(=O)O)cc3)c(-c3ccc(F)cc3)c2=O)CCCC1. The monoisotopic (exact) mass is 426 g/mol. The molecule has 0 spiro atoms. The molecule has 1 fully saturated rings. The van der Waals surface area contributed by atoms with Crippen LogP contribution < -0.4 is 5.56 Å². The summed E-state index contributed by atoms with van der Waals surface area (Å²) in [6, 6.07) is 13.1. The minimum Gasteiger partial charge on any atom is -0.306 e. The van der Waals surface area contributed by atoms with E-state index in [-0.39, 0.29) is 22.7 Å². The van der Waals surface area contributed by atoms with Crippen molar-refractivity contribution in [1.82, 2.24) is 9.78 Å². The third kappa shape index (κ3) is 4.00. The Labute approximate surface area is 176 Å². The maximum atomic E-state index is 13.6. The van der Waals surface area contributed by atoms with E-state index in [1.807, 2.05) is 12.1 Å². The van der Waals surface area contributed by atoms with Crippen molar-refractivity contribution in [3.8, 4) is 22.3 Å². The molecule has 1 aliphatic carbocycles. The minimum atomic E-state index is -1.92. The summed E-state index contributed by atoms with van der Waals surface area (Å²) in [6.45, 7) is 2.06. The highest BCUT2D eigenvalue weighted by Gasteiger charge is 2.33. The van der Waals surface area contributed by atoms with E-state index >= 15 is 0 Å². The summed E-state index contributed by atoms with van der Waals surface area (Å²) in [5, 5.41) is 4.52. The molecule has 30 heavy (non-hydrogen) atoms. The van der Waals surface area contributed by atoms with Gasteiger partial charge in [0.05, 0.1) is 23.1 Å². The fourth-order valence-corrected chi connectivity index (χ4v) is 4.70. The molecule has 0 bridgehead atoms. The van der Waals surface area contributed by atoms with Gasteiger partial charge in [-0.3, -0.25) is 4.79 Å². The molecular weight excluding hydrogens is 403 g/mol. The molecule has 1 aromatic heterocycles. The number of halogens is 1. The molecular formula is C23H23FN2O3S. The molecule has 0 amide bonds.